The van der Waals surface area contributed by atoms with E-state index in [1.165, 1.54) is 0 Å². The van der Waals surface area contributed by atoms with Crippen LogP contribution in [0.5, 0.6) is 5.75 Å². The summed E-state index contributed by atoms with van der Waals surface area (Å²) < 4.78 is 6.31. The standard InChI is InChI=1S/C16H16BrNO2/c1-18(10-12-5-3-4-6-16(12)20-2)15-9-14(17)8-7-13(15)11-19/h3-9,11H,10H2,1-2H3. The lowest BCUT2D eigenvalue weighted by atomic mass is 10.1. The molecule has 0 N–H and O–H groups in total. The Morgan fingerprint density at radius 1 is 1.25 bits per heavy atom. The van der Waals surface area contributed by atoms with Crippen molar-refractivity contribution < 1.29 is 9.53 Å². The first-order chi connectivity index (χ1) is 9.65. The lowest BCUT2D eigenvalue weighted by Gasteiger charge is -2.22. The first-order valence-electron chi connectivity index (χ1n) is 6.23. The molecular formula is C16H16BrNO2. The van der Waals surface area contributed by atoms with E-state index in [9.17, 15) is 4.79 Å². The van der Waals surface area contributed by atoms with Crippen molar-refractivity contribution in [2.24, 2.45) is 0 Å². The Bertz CT molecular complexity index is 613. The van der Waals surface area contributed by atoms with Gasteiger partial charge in [-0.25, -0.2) is 0 Å². The molecule has 0 unspecified atom stereocenters. The Morgan fingerprint density at radius 2 is 2.00 bits per heavy atom. The van der Waals surface area contributed by atoms with Gasteiger partial charge in [-0.1, -0.05) is 34.1 Å². The summed E-state index contributed by atoms with van der Waals surface area (Å²) in [5.41, 5.74) is 2.64. The average molecular weight is 334 g/mol. The molecule has 0 aliphatic heterocycles. The second kappa shape index (κ2) is 6.57. The van der Waals surface area contributed by atoms with Crippen molar-refractivity contribution in [1.29, 1.82) is 0 Å². The van der Waals surface area contributed by atoms with Crippen LogP contribution in [0.1, 0.15) is 15.9 Å². The Kier molecular flexibility index (Phi) is 4.79. The number of hydrogen-bond donors (Lipinski definition) is 0. The van der Waals surface area contributed by atoms with Gasteiger partial charge in [-0.2, -0.15) is 0 Å². The normalized spacial score (nSPS) is 10.2. The van der Waals surface area contributed by atoms with Crippen LogP contribution < -0.4 is 9.64 Å². The molecule has 2 aromatic carbocycles. The summed E-state index contributed by atoms with van der Waals surface area (Å²) in [6, 6.07) is 13.5. The minimum absolute atomic E-state index is 0.668. The molecule has 0 spiro atoms. The molecule has 0 aromatic heterocycles. The molecule has 0 amide bonds. The van der Waals surface area contributed by atoms with Crippen LogP contribution in [0.15, 0.2) is 46.9 Å². The number of hydrogen-bond acceptors (Lipinski definition) is 3. The van der Waals surface area contributed by atoms with Gasteiger partial charge in [-0.15, -0.1) is 0 Å². The minimum Gasteiger partial charge on any atom is -0.496 e. The first-order valence-corrected chi connectivity index (χ1v) is 7.02. The third-order valence-corrected chi connectivity index (χ3v) is 3.62. The molecule has 0 atom stereocenters. The van der Waals surface area contributed by atoms with Gasteiger partial charge in [0, 0.05) is 34.9 Å². The second-order valence-electron chi connectivity index (χ2n) is 4.49. The van der Waals surface area contributed by atoms with Gasteiger partial charge >= 0.3 is 0 Å². The largest absolute Gasteiger partial charge is 0.496 e. The van der Waals surface area contributed by atoms with Gasteiger partial charge in [-0.3, -0.25) is 4.79 Å². The summed E-state index contributed by atoms with van der Waals surface area (Å²) in [7, 11) is 3.62. The number of aldehydes is 1. The topological polar surface area (TPSA) is 29.5 Å². The zero-order valence-electron chi connectivity index (χ0n) is 11.5. The smallest absolute Gasteiger partial charge is 0.152 e. The van der Waals surface area contributed by atoms with Crippen LogP contribution in [0.3, 0.4) is 0 Å². The number of ether oxygens (including phenoxy) is 1. The van der Waals surface area contributed by atoms with Crippen molar-refractivity contribution in [1.82, 2.24) is 0 Å². The highest BCUT2D eigenvalue weighted by Gasteiger charge is 2.10. The maximum Gasteiger partial charge on any atom is 0.152 e. The number of rotatable bonds is 5. The van der Waals surface area contributed by atoms with Crippen LogP contribution in [0.2, 0.25) is 0 Å². The van der Waals surface area contributed by atoms with Gasteiger partial charge in [0.05, 0.1) is 7.11 Å². The molecule has 20 heavy (non-hydrogen) atoms. The van der Waals surface area contributed by atoms with Gasteiger partial charge in [0.2, 0.25) is 0 Å². The number of nitrogens with zero attached hydrogens (tertiary/aromatic N) is 1. The van der Waals surface area contributed by atoms with Crippen molar-refractivity contribution in [3.05, 3.63) is 58.1 Å². The van der Waals surface area contributed by atoms with E-state index in [4.69, 9.17) is 4.74 Å². The highest BCUT2D eigenvalue weighted by molar-refractivity contribution is 9.10. The molecule has 4 heteroatoms. The third-order valence-electron chi connectivity index (χ3n) is 3.13. The number of anilines is 1. The van der Waals surface area contributed by atoms with Gasteiger partial charge < -0.3 is 9.64 Å². The van der Waals surface area contributed by atoms with Crippen molar-refractivity contribution in [3.63, 3.8) is 0 Å². The van der Waals surface area contributed by atoms with Crippen LogP contribution in [0.25, 0.3) is 0 Å². The SMILES string of the molecule is COc1ccccc1CN(C)c1cc(Br)ccc1C=O. The highest BCUT2D eigenvalue weighted by Crippen LogP contribution is 2.26. The number of carbonyl (C=O) groups is 1. The lowest BCUT2D eigenvalue weighted by molar-refractivity contribution is 0.112. The number of carbonyl (C=O) groups excluding carboxylic acids is 1. The Labute approximate surface area is 127 Å². The third kappa shape index (κ3) is 3.20. The first kappa shape index (κ1) is 14.6. The molecular weight excluding hydrogens is 318 g/mol. The molecule has 0 fully saturated rings. The molecule has 0 saturated carbocycles. The zero-order chi connectivity index (χ0) is 14.5. The van der Waals surface area contributed by atoms with E-state index in [-0.39, 0.29) is 0 Å². The number of para-hydroxylation sites is 1. The van der Waals surface area contributed by atoms with E-state index < -0.39 is 0 Å². The fraction of sp³-hybridized carbons (Fsp3) is 0.188. The summed E-state index contributed by atoms with van der Waals surface area (Å²) in [6.45, 7) is 0.668. The van der Waals surface area contributed by atoms with Crippen LogP contribution in [0, 0.1) is 0 Å². The predicted octanol–water partition coefficient (Wildman–Crippen LogP) is 3.91. The summed E-state index contributed by atoms with van der Waals surface area (Å²) >= 11 is 3.44. The second-order valence-corrected chi connectivity index (χ2v) is 5.40. The van der Waals surface area contributed by atoms with E-state index >= 15 is 0 Å². The molecule has 2 rings (SSSR count). The summed E-state index contributed by atoms with van der Waals surface area (Å²) in [6.07, 6.45) is 0.875. The van der Waals surface area contributed by atoms with Gasteiger partial charge in [0.25, 0.3) is 0 Å². The zero-order valence-corrected chi connectivity index (χ0v) is 13.1. The Balaban J connectivity index is 2.30. The molecule has 2 aromatic rings. The van der Waals surface area contributed by atoms with Crippen LogP contribution >= 0.6 is 15.9 Å². The number of methoxy groups -OCH3 is 1. The summed E-state index contributed by atoms with van der Waals surface area (Å²) in [4.78, 5) is 13.2. The molecule has 0 aliphatic carbocycles. The fourth-order valence-electron chi connectivity index (χ4n) is 2.12. The van der Waals surface area contributed by atoms with E-state index in [0.29, 0.717) is 12.1 Å². The Hall–Kier alpha value is -1.81. The maximum atomic E-state index is 11.2. The van der Waals surface area contributed by atoms with Crippen molar-refractivity contribution in [2.75, 3.05) is 19.1 Å². The number of halogens is 1. The molecule has 0 heterocycles. The van der Waals surface area contributed by atoms with Crippen molar-refractivity contribution in [3.8, 4) is 5.75 Å². The van der Waals surface area contributed by atoms with E-state index in [1.807, 2.05) is 54.4 Å². The molecule has 104 valence electrons. The fourth-order valence-corrected chi connectivity index (χ4v) is 2.47. The van der Waals surface area contributed by atoms with Gasteiger partial charge in [0.1, 0.15) is 5.75 Å². The van der Waals surface area contributed by atoms with Crippen LogP contribution in [-0.2, 0) is 6.54 Å². The Morgan fingerprint density at radius 3 is 2.70 bits per heavy atom. The predicted molar refractivity (Wildman–Crippen MR) is 84.6 cm³/mol. The summed E-state index contributed by atoms with van der Waals surface area (Å²) in [5, 5.41) is 0. The van der Waals surface area contributed by atoms with Crippen LogP contribution in [0.4, 0.5) is 5.69 Å². The van der Waals surface area contributed by atoms with E-state index in [2.05, 4.69) is 15.9 Å². The monoisotopic (exact) mass is 333 g/mol. The van der Waals surface area contributed by atoms with E-state index in [1.54, 1.807) is 7.11 Å². The minimum atomic E-state index is 0.668. The molecule has 0 aliphatic rings. The summed E-state index contributed by atoms with van der Waals surface area (Å²) in [5.74, 6) is 0.849. The van der Waals surface area contributed by atoms with Crippen LogP contribution in [-0.4, -0.2) is 20.4 Å². The number of benzene rings is 2. The average Bonchev–Trinajstić information content (AvgIpc) is 2.47. The van der Waals surface area contributed by atoms with Crippen molar-refractivity contribution >= 4 is 27.9 Å². The lowest BCUT2D eigenvalue weighted by Crippen LogP contribution is -2.18. The van der Waals surface area contributed by atoms with Crippen molar-refractivity contribution in [2.45, 2.75) is 6.54 Å². The molecule has 0 radical (unpaired) electrons. The molecule has 0 saturated heterocycles. The maximum absolute atomic E-state index is 11.2. The quantitative estimate of drug-likeness (QED) is 0.777. The molecule has 0 bridgehead atoms. The highest BCUT2D eigenvalue weighted by atomic mass is 79.9. The van der Waals surface area contributed by atoms with E-state index in [0.717, 1.165) is 27.8 Å². The molecule has 3 nitrogen and oxygen atoms in total. The van der Waals surface area contributed by atoms with Gasteiger partial charge in [-0.05, 0) is 24.3 Å². The van der Waals surface area contributed by atoms with Gasteiger partial charge in [0.15, 0.2) is 6.29 Å².